The highest BCUT2D eigenvalue weighted by molar-refractivity contribution is 9.10. The normalized spacial score (nSPS) is 10.5. The second-order valence-electron chi connectivity index (χ2n) is 6.07. The van der Waals surface area contributed by atoms with E-state index in [1.165, 1.54) is 13.1 Å². The zero-order valence-corrected chi connectivity index (χ0v) is 16.7. The lowest BCUT2D eigenvalue weighted by atomic mass is 10.2. The highest BCUT2D eigenvalue weighted by Gasteiger charge is 2.12. The summed E-state index contributed by atoms with van der Waals surface area (Å²) < 4.78 is 2.50. The predicted octanol–water partition coefficient (Wildman–Crippen LogP) is 3.86. The molecule has 0 atom stereocenters. The predicted molar refractivity (Wildman–Crippen MR) is 107 cm³/mol. The molecule has 7 nitrogen and oxygen atoms in total. The van der Waals surface area contributed by atoms with E-state index in [0.717, 1.165) is 15.9 Å². The van der Waals surface area contributed by atoms with Gasteiger partial charge in [0.05, 0.1) is 22.6 Å². The number of hydrogen-bond acceptors (Lipinski definition) is 4. The van der Waals surface area contributed by atoms with Gasteiger partial charge >= 0.3 is 0 Å². The van der Waals surface area contributed by atoms with Gasteiger partial charge in [-0.05, 0) is 50.2 Å². The van der Waals surface area contributed by atoms with Crippen molar-refractivity contribution in [3.63, 3.8) is 0 Å². The highest BCUT2D eigenvalue weighted by Crippen LogP contribution is 2.26. The minimum atomic E-state index is -0.327. The summed E-state index contributed by atoms with van der Waals surface area (Å²) in [5, 5.41) is 9.88. The first-order valence-corrected chi connectivity index (χ1v) is 9.01. The lowest BCUT2D eigenvalue weighted by Crippen LogP contribution is -2.15. The number of rotatable bonds is 4. The number of pyridine rings is 1. The number of carbonyl (C=O) groups excluding carboxylic acids is 2. The molecule has 8 heteroatoms. The molecule has 0 aliphatic carbocycles. The van der Waals surface area contributed by atoms with E-state index in [4.69, 9.17) is 0 Å². The van der Waals surface area contributed by atoms with Gasteiger partial charge in [-0.2, -0.15) is 5.10 Å². The third-order valence-electron chi connectivity index (χ3n) is 3.78. The van der Waals surface area contributed by atoms with Crippen molar-refractivity contribution in [2.75, 3.05) is 10.6 Å². The Morgan fingerprint density at radius 2 is 1.81 bits per heavy atom. The Bertz CT molecular complexity index is 1010. The Morgan fingerprint density at radius 1 is 1.04 bits per heavy atom. The Labute approximate surface area is 164 Å². The number of amides is 2. The van der Waals surface area contributed by atoms with Gasteiger partial charge in [-0.25, -0.2) is 9.67 Å². The summed E-state index contributed by atoms with van der Waals surface area (Å²) in [5.74, 6) is 0.0920. The van der Waals surface area contributed by atoms with Crippen LogP contribution < -0.4 is 10.6 Å². The highest BCUT2D eigenvalue weighted by atomic mass is 79.9. The van der Waals surface area contributed by atoms with E-state index in [2.05, 4.69) is 36.6 Å². The molecule has 0 aliphatic rings. The molecule has 0 saturated carbocycles. The maximum absolute atomic E-state index is 12.6. The molecule has 2 N–H and O–H groups in total. The molecule has 0 saturated heterocycles. The molecule has 2 heterocycles. The number of benzene rings is 1. The monoisotopic (exact) mass is 427 g/mol. The third-order valence-corrected chi connectivity index (χ3v) is 4.27. The third kappa shape index (κ3) is 4.40. The van der Waals surface area contributed by atoms with E-state index < -0.39 is 0 Å². The fourth-order valence-electron chi connectivity index (χ4n) is 2.62. The minimum absolute atomic E-state index is 0.219. The van der Waals surface area contributed by atoms with Crippen molar-refractivity contribution in [1.82, 2.24) is 14.8 Å². The first kappa shape index (κ1) is 18.8. The molecular formula is C19H18BrN5O2. The van der Waals surface area contributed by atoms with Crippen LogP contribution in [0.15, 0.2) is 47.1 Å². The summed E-state index contributed by atoms with van der Waals surface area (Å²) in [4.78, 5) is 28.3. The quantitative estimate of drug-likeness (QED) is 0.661. The maximum atomic E-state index is 12.6. The molecular weight excluding hydrogens is 410 g/mol. The van der Waals surface area contributed by atoms with Gasteiger partial charge in [0.15, 0.2) is 5.82 Å². The molecule has 0 spiro atoms. The maximum Gasteiger partial charge on any atom is 0.257 e. The molecule has 3 aromatic rings. The van der Waals surface area contributed by atoms with Gasteiger partial charge in [-0.3, -0.25) is 9.59 Å². The Hall–Kier alpha value is -3.00. The standard InChI is InChI=1S/C19H18BrN5O2/c1-11-8-12(2)25(24-11)18-7-4-14(10-21-18)19(27)23-17-9-15(20)5-6-16(17)22-13(3)26/h4-10H,1-3H3,(H,22,26)(H,23,27). The van der Waals surface area contributed by atoms with Gasteiger partial charge < -0.3 is 10.6 Å². The topological polar surface area (TPSA) is 88.9 Å². The Balaban J connectivity index is 1.82. The molecule has 0 unspecified atom stereocenters. The number of hydrogen-bond donors (Lipinski definition) is 2. The summed E-state index contributed by atoms with van der Waals surface area (Å²) in [7, 11) is 0. The van der Waals surface area contributed by atoms with Gasteiger partial charge in [-0.15, -0.1) is 0 Å². The second kappa shape index (κ2) is 7.71. The molecule has 27 heavy (non-hydrogen) atoms. The Kier molecular flexibility index (Phi) is 5.36. The smallest absolute Gasteiger partial charge is 0.257 e. The largest absolute Gasteiger partial charge is 0.325 e. The average Bonchev–Trinajstić information content (AvgIpc) is 2.95. The fraction of sp³-hybridized carbons (Fsp3) is 0.158. The van der Waals surface area contributed by atoms with Gasteiger partial charge in [0.1, 0.15) is 0 Å². The van der Waals surface area contributed by atoms with Gasteiger partial charge in [0, 0.05) is 23.3 Å². The summed E-state index contributed by atoms with van der Waals surface area (Å²) in [6.07, 6.45) is 1.50. The molecule has 1 aromatic carbocycles. The molecule has 2 aromatic heterocycles. The SMILES string of the molecule is CC(=O)Nc1ccc(Br)cc1NC(=O)c1ccc(-n2nc(C)cc2C)nc1. The number of aryl methyl sites for hydroxylation is 2. The van der Waals surface area contributed by atoms with Crippen LogP contribution in [0.4, 0.5) is 11.4 Å². The van der Waals surface area contributed by atoms with Crippen LogP contribution in [-0.2, 0) is 4.79 Å². The number of halogens is 1. The van der Waals surface area contributed by atoms with Crippen LogP contribution in [0.3, 0.4) is 0 Å². The molecule has 2 amide bonds. The number of carbonyl (C=O) groups is 2. The van der Waals surface area contributed by atoms with E-state index >= 15 is 0 Å². The lowest BCUT2D eigenvalue weighted by Gasteiger charge is -2.12. The lowest BCUT2D eigenvalue weighted by molar-refractivity contribution is -0.114. The first-order valence-electron chi connectivity index (χ1n) is 8.21. The van der Waals surface area contributed by atoms with Crippen LogP contribution in [0.25, 0.3) is 5.82 Å². The van der Waals surface area contributed by atoms with Crippen molar-refractivity contribution in [2.24, 2.45) is 0 Å². The number of anilines is 2. The van der Waals surface area contributed by atoms with E-state index in [-0.39, 0.29) is 11.8 Å². The van der Waals surface area contributed by atoms with Crippen LogP contribution in [0.1, 0.15) is 28.7 Å². The van der Waals surface area contributed by atoms with E-state index in [0.29, 0.717) is 22.8 Å². The van der Waals surface area contributed by atoms with Gasteiger partial charge in [-0.1, -0.05) is 15.9 Å². The van der Waals surface area contributed by atoms with Crippen molar-refractivity contribution >= 4 is 39.1 Å². The molecule has 0 fully saturated rings. The van der Waals surface area contributed by atoms with E-state index in [1.54, 1.807) is 35.0 Å². The average molecular weight is 428 g/mol. The van der Waals surface area contributed by atoms with Crippen LogP contribution in [-0.4, -0.2) is 26.6 Å². The molecule has 0 radical (unpaired) electrons. The summed E-state index contributed by atoms with van der Waals surface area (Å²) in [5.41, 5.74) is 3.27. The molecule has 3 rings (SSSR count). The fourth-order valence-corrected chi connectivity index (χ4v) is 2.98. The number of nitrogens with one attached hydrogen (secondary N) is 2. The van der Waals surface area contributed by atoms with Crippen molar-refractivity contribution in [1.29, 1.82) is 0 Å². The minimum Gasteiger partial charge on any atom is -0.325 e. The molecule has 138 valence electrons. The van der Waals surface area contributed by atoms with Crippen molar-refractivity contribution in [3.8, 4) is 5.82 Å². The van der Waals surface area contributed by atoms with Gasteiger partial charge in [0.2, 0.25) is 5.91 Å². The molecule has 0 aliphatic heterocycles. The van der Waals surface area contributed by atoms with Crippen molar-refractivity contribution in [2.45, 2.75) is 20.8 Å². The summed E-state index contributed by atoms with van der Waals surface area (Å²) in [6.45, 7) is 5.27. The second-order valence-corrected chi connectivity index (χ2v) is 6.98. The first-order chi connectivity index (χ1) is 12.8. The van der Waals surface area contributed by atoms with Crippen LogP contribution in [0.2, 0.25) is 0 Å². The zero-order chi connectivity index (χ0) is 19.6. The van der Waals surface area contributed by atoms with Crippen LogP contribution in [0.5, 0.6) is 0 Å². The summed E-state index contributed by atoms with van der Waals surface area (Å²) >= 11 is 3.37. The van der Waals surface area contributed by atoms with Crippen LogP contribution in [0, 0.1) is 13.8 Å². The van der Waals surface area contributed by atoms with Crippen molar-refractivity contribution < 1.29 is 9.59 Å². The number of aromatic nitrogens is 3. The zero-order valence-electron chi connectivity index (χ0n) is 15.1. The molecule has 0 bridgehead atoms. The van der Waals surface area contributed by atoms with Crippen molar-refractivity contribution in [3.05, 3.63) is 64.0 Å². The van der Waals surface area contributed by atoms with E-state index in [9.17, 15) is 9.59 Å². The number of nitrogens with zero attached hydrogens (tertiary/aromatic N) is 3. The summed E-state index contributed by atoms with van der Waals surface area (Å²) in [6, 6.07) is 10.6. The van der Waals surface area contributed by atoms with Crippen LogP contribution >= 0.6 is 15.9 Å². The van der Waals surface area contributed by atoms with E-state index in [1.807, 2.05) is 19.9 Å². The Morgan fingerprint density at radius 3 is 2.41 bits per heavy atom. The van der Waals surface area contributed by atoms with Gasteiger partial charge in [0.25, 0.3) is 5.91 Å².